The summed E-state index contributed by atoms with van der Waals surface area (Å²) in [4.78, 5) is 13.2. The summed E-state index contributed by atoms with van der Waals surface area (Å²) in [5.41, 5.74) is 4.60. The van der Waals surface area contributed by atoms with Crippen molar-refractivity contribution in [1.29, 1.82) is 0 Å². The van der Waals surface area contributed by atoms with Crippen LogP contribution in [0.1, 0.15) is 24.0 Å². The molecule has 0 bridgehead atoms. The molecular formula is C22H26FN5S2. The van der Waals surface area contributed by atoms with Crippen molar-refractivity contribution in [1.82, 2.24) is 14.9 Å². The van der Waals surface area contributed by atoms with Crippen LogP contribution >= 0.6 is 23.3 Å². The van der Waals surface area contributed by atoms with Gasteiger partial charge in [-0.25, -0.2) is 14.4 Å². The lowest BCUT2D eigenvalue weighted by molar-refractivity contribution is 0.203. The van der Waals surface area contributed by atoms with E-state index >= 15 is 0 Å². The molecule has 1 fully saturated rings. The first-order valence-electron chi connectivity index (χ1n) is 10.1. The Morgan fingerprint density at radius 3 is 2.70 bits per heavy atom. The third kappa shape index (κ3) is 4.94. The largest absolute Gasteiger partial charge is 0.370 e. The van der Waals surface area contributed by atoms with Crippen molar-refractivity contribution in [2.24, 2.45) is 0 Å². The topological polar surface area (TPSA) is 44.3 Å². The van der Waals surface area contributed by atoms with Crippen molar-refractivity contribution in [2.45, 2.75) is 37.4 Å². The number of benzene rings is 1. The molecule has 0 amide bonds. The van der Waals surface area contributed by atoms with E-state index in [9.17, 15) is 4.39 Å². The van der Waals surface area contributed by atoms with E-state index in [1.807, 2.05) is 12.3 Å². The zero-order valence-corrected chi connectivity index (χ0v) is 18.8. The minimum Gasteiger partial charge on any atom is -0.370 e. The van der Waals surface area contributed by atoms with Gasteiger partial charge in [0.05, 0.1) is 17.4 Å². The maximum atomic E-state index is 14.9. The second kappa shape index (κ2) is 9.76. The van der Waals surface area contributed by atoms with Crippen LogP contribution in [-0.2, 0) is 6.54 Å². The van der Waals surface area contributed by atoms with Crippen LogP contribution in [0.2, 0.25) is 0 Å². The van der Waals surface area contributed by atoms with Gasteiger partial charge >= 0.3 is 0 Å². The van der Waals surface area contributed by atoms with Gasteiger partial charge in [-0.1, -0.05) is 30.3 Å². The van der Waals surface area contributed by atoms with Gasteiger partial charge < -0.3 is 9.62 Å². The first kappa shape index (κ1) is 21.1. The summed E-state index contributed by atoms with van der Waals surface area (Å²) >= 11 is 2.65. The third-order valence-corrected chi connectivity index (χ3v) is 7.00. The monoisotopic (exact) mass is 443 g/mol. The fourth-order valence-corrected chi connectivity index (χ4v) is 5.06. The molecule has 5 nitrogen and oxygen atoms in total. The van der Waals surface area contributed by atoms with E-state index in [0.29, 0.717) is 22.4 Å². The van der Waals surface area contributed by atoms with Crippen LogP contribution in [0, 0.1) is 12.7 Å². The molecule has 0 saturated carbocycles. The van der Waals surface area contributed by atoms with Gasteiger partial charge in [-0.3, -0.25) is 4.90 Å². The number of likely N-dealkylation sites (tertiary alicyclic amines) is 1. The van der Waals surface area contributed by atoms with E-state index in [0.717, 1.165) is 50.1 Å². The molecule has 3 aromatic rings. The van der Waals surface area contributed by atoms with Gasteiger partial charge in [0.15, 0.2) is 10.8 Å². The molecule has 0 spiro atoms. The van der Waals surface area contributed by atoms with Gasteiger partial charge in [0.25, 0.3) is 0 Å². The molecule has 0 atom stereocenters. The predicted molar refractivity (Wildman–Crippen MR) is 124 cm³/mol. The van der Waals surface area contributed by atoms with Gasteiger partial charge in [0.2, 0.25) is 0 Å². The summed E-state index contributed by atoms with van der Waals surface area (Å²) in [5.74, 6) is 0.445. The first-order valence-corrected chi connectivity index (χ1v) is 11.8. The maximum absolute atomic E-state index is 14.9. The molecule has 1 aliphatic heterocycles. The van der Waals surface area contributed by atoms with Crippen molar-refractivity contribution in [3.63, 3.8) is 0 Å². The van der Waals surface area contributed by atoms with E-state index in [2.05, 4.69) is 61.9 Å². The van der Waals surface area contributed by atoms with Gasteiger partial charge in [-0.05, 0) is 25.3 Å². The highest BCUT2D eigenvalue weighted by molar-refractivity contribution is 8.00. The van der Waals surface area contributed by atoms with Crippen molar-refractivity contribution >= 4 is 34.8 Å². The van der Waals surface area contributed by atoms with Gasteiger partial charge in [0.1, 0.15) is 5.82 Å². The van der Waals surface area contributed by atoms with Gasteiger partial charge in [-0.2, -0.15) is 0 Å². The van der Waals surface area contributed by atoms with Crippen molar-refractivity contribution in [3.8, 4) is 0 Å². The molecule has 1 aliphatic rings. The lowest BCUT2D eigenvalue weighted by atomic mass is 10.0. The summed E-state index contributed by atoms with van der Waals surface area (Å²) in [6.07, 6.45) is 3.92. The number of hydrogen-bond acceptors (Lipinski definition) is 7. The number of hydrogen-bond donors (Lipinski definition) is 1. The number of rotatable bonds is 7. The molecule has 1 saturated heterocycles. The number of pyridine rings is 1. The van der Waals surface area contributed by atoms with Crippen molar-refractivity contribution in [2.75, 3.05) is 29.8 Å². The second-order valence-electron chi connectivity index (χ2n) is 7.57. The molecule has 2 aromatic heterocycles. The Hall–Kier alpha value is -2.16. The highest BCUT2D eigenvalue weighted by Gasteiger charge is 2.25. The minimum atomic E-state index is -0.270. The van der Waals surface area contributed by atoms with Gasteiger partial charge in [-0.15, -0.1) is 11.3 Å². The van der Waals surface area contributed by atoms with Crippen LogP contribution in [-0.4, -0.2) is 41.0 Å². The third-order valence-electron chi connectivity index (χ3n) is 5.62. The minimum absolute atomic E-state index is 0.270. The fraction of sp³-hybridized carbons (Fsp3) is 0.364. The molecular weight excluding hydrogens is 417 g/mol. The molecule has 1 N–H and O–H groups in total. The average molecular weight is 444 g/mol. The number of nitrogens with zero attached hydrogens (tertiary/aromatic N) is 4. The standard InChI is InChI=1S/C22H26FN5S2/c1-16-19(12-24-22(21(16)23)30-26-20-14-29-15-25-20)27(2)18-8-10-28(11-9-18)13-17-6-4-3-5-7-17/h3-7,12,14-15,18,26H,8-11,13H2,1-2H3. The summed E-state index contributed by atoms with van der Waals surface area (Å²) in [5, 5.41) is 2.22. The Bertz CT molecular complexity index is 944. The number of piperidine rings is 1. The van der Waals surface area contributed by atoms with Gasteiger partial charge in [0, 0.05) is 55.6 Å². The highest BCUT2D eigenvalue weighted by Crippen LogP contribution is 2.31. The van der Waals surface area contributed by atoms with Crippen LogP contribution in [0.15, 0.2) is 52.4 Å². The highest BCUT2D eigenvalue weighted by atomic mass is 32.2. The van der Waals surface area contributed by atoms with Crippen LogP contribution < -0.4 is 9.62 Å². The van der Waals surface area contributed by atoms with Crippen LogP contribution in [0.25, 0.3) is 0 Å². The number of halogens is 1. The Labute approximate surface area is 185 Å². The summed E-state index contributed by atoms with van der Waals surface area (Å²) < 4.78 is 18.0. The quantitative estimate of drug-likeness (QED) is 0.506. The molecule has 4 rings (SSSR count). The maximum Gasteiger partial charge on any atom is 0.162 e. The van der Waals surface area contributed by atoms with E-state index < -0.39 is 0 Å². The average Bonchev–Trinajstić information content (AvgIpc) is 3.29. The van der Waals surface area contributed by atoms with E-state index in [1.165, 1.54) is 16.9 Å². The molecule has 1 aromatic carbocycles. The molecule has 158 valence electrons. The summed E-state index contributed by atoms with van der Waals surface area (Å²) in [6.45, 7) is 4.92. The number of anilines is 2. The molecule has 0 radical (unpaired) electrons. The van der Waals surface area contributed by atoms with Crippen molar-refractivity contribution in [3.05, 3.63) is 64.4 Å². The normalized spacial score (nSPS) is 15.3. The smallest absolute Gasteiger partial charge is 0.162 e. The molecule has 3 heterocycles. The van der Waals surface area contributed by atoms with E-state index in [-0.39, 0.29) is 5.82 Å². The van der Waals surface area contributed by atoms with E-state index in [1.54, 1.807) is 11.7 Å². The number of nitrogens with one attached hydrogen (secondary N) is 1. The Morgan fingerprint density at radius 2 is 2.00 bits per heavy atom. The summed E-state index contributed by atoms with van der Waals surface area (Å²) in [6, 6.07) is 11.0. The molecule has 0 aliphatic carbocycles. The Kier molecular flexibility index (Phi) is 6.86. The molecule has 30 heavy (non-hydrogen) atoms. The van der Waals surface area contributed by atoms with Crippen LogP contribution in [0.4, 0.5) is 15.9 Å². The lowest BCUT2D eigenvalue weighted by Gasteiger charge is -2.38. The second-order valence-corrected chi connectivity index (χ2v) is 9.08. The molecule has 8 heteroatoms. The van der Waals surface area contributed by atoms with Crippen molar-refractivity contribution < 1.29 is 4.39 Å². The van der Waals surface area contributed by atoms with E-state index in [4.69, 9.17) is 0 Å². The Balaban J connectivity index is 1.36. The first-order chi connectivity index (χ1) is 14.6. The molecule has 0 unspecified atom stereocenters. The Morgan fingerprint density at radius 1 is 1.23 bits per heavy atom. The number of thiazole rings is 1. The van der Waals surface area contributed by atoms with Crippen LogP contribution in [0.5, 0.6) is 0 Å². The number of aromatic nitrogens is 2. The fourth-order valence-electron chi connectivity index (χ4n) is 3.84. The SMILES string of the molecule is Cc1c(N(C)C2CCN(Cc3ccccc3)CC2)cnc(SNc2cscn2)c1F. The zero-order chi connectivity index (χ0) is 20.9. The predicted octanol–water partition coefficient (Wildman–Crippen LogP) is 5.21. The zero-order valence-electron chi connectivity index (χ0n) is 17.2. The lowest BCUT2D eigenvalue weighted by Crippen LogP contribution is -2.43. The van der Waals surface area contributed by atoms with Crippen LogP contribution in [0.3, 0.4) is 0 Å². The summed E-state index contributed by atoms with van der Waals surface area (Å²) in [7, 11) is 2.06.